The molecule has 4 heteroatoms. The fraction of sp³-hybridized carbons (Fsp3) is 0.304. The summed E-state index contributed by atoms with van der Waals surface area (Å²) in [5, 5.41) is 4.86. The molecule has 1 amide bonds. The topological polar surface area (TPSA) is 42.0 Å². The fourth-order valence-corrected chi connectivity index (χ4v) is 4.14. The van der Waals surface area contributed by atoms with Gasteiger partial charge in [-0.3, -0.25) is 9.78 Å². The van der Waals surface area contributed by atoms with Gasteiger partial charge in [0.15, 0.2) is 0 Å². The summed E-state index contributed by atoms with van der Waals surface area (Å²) in [4.78, 5) is 16.9. The average Bonchev–Trinajstić information content (AvgIpc) is 2.70. The van der Waals surface area contributed by atoms with E-state index in [0.29, 0.717) is 23.3 Å². The molecule has 4 rings (SSSR count). The van der Waals surface area contributed by atoms with Crippen molar-refractivity contribution >= 4 is 34.1 Å². The second-order valence-corrected chi connectivity index (χ2v) is 7.87. The molecule has 1 aromatic heterocycles. The van der Waals surface area contributed by atoms with Crippen LogP contribution in [0, 0.1) is 5.92 Å². The first-order chi connectivity index (χ1) is 13.2. The van der Waals surface area contributed by atoms with Crippen LogP contribution in [0.4, 0.5) is 5.69 Å². The first-order valence-electron chi connectivity index (χ1n) is 9.57. The minimum Gasteiger partial charge on any atom is -0.326 e. The number of fused-ring (bicyclic) bond motifs is 1. The van der Waals surface area contributed by atoms with Crippen molar-refractivity contribution in [2.45, 2.75) is 38.0 Å². The Kier molecular flexibility index (Phi) is 5.40. The van der Waals surface area contributed by atoms with Gasteiger partial charge < -0.3 is 5.32 Å². The number of amides is 1. The molecule has 0 aliphatic heterocycles. The fourth-order valence-electron chi connectivity index (χ4n) is 4.02. The van der Waals surface area contributed by atoms with Gasteiger partial charge in [0.05, 0.1) is 5.52 Å². The highest BCUT2D eigenvalue weighted by Gasteiger charge is 2.24. The normalized spacial score (nSPS) is 19.7. The number of carbonyl (C=O) groups is 1. The van der Waals surface area contributed by atoms with Crippen LogP contribution in [-0.2, 0) is 4.79 Å². The average molecular weight is 379 g/mol. The summed E-state index contributed by atoms with van der Waals surface area (Å²) in [6, 6.07) is 17.8. The van der Waals surface area contributed by atoms with E-state index < -0.39 is 0 Å². The molecule has 1 N–H and O–H groups in total. The molecule has 0 spiro atoms. The lowest BCUT2D eigenvalue weighted by molar-refractivity contribution is -0.117. The van der Waals surface area contributed by atoms with Crippen LogP contribution in [-0.4, -0.2) is 10.9 Å². The lowest BCUT2D eigenvalue weighted by Crippen LogP contribution is -2.20. The molecule has 1 fully saturated rings. The highest BCUT2D eigenvalue weighted by atomic mass is 35.5. The minimum atomic E-state index is 0.0909. The molecule has 0 radical (unpaired) electrons. The van der Waals surface area contributed by atoms with Gasteiger partial charge in [0, 0.05) is 28.7 Å². The third kappa shape index (κ3) is 4.48. The van der Waals surface area contributed by atoms with E-state index in [2.05, 4.69) is 34.6 Å². The number of carbonyl (C=O) groups excluding carboxylic acids is 1. The summed E-state index contributed by atoms with van der Waals surface area (Å²) in [6.45, 7) is 0. The molecular formula is C23H23ClN2O. The van der Waals surface area contributed by atoms with E-state index in [4.69, 9.17) is 11.6 Å². The summed E-state index contributed by atoms with van der Waals surface area (Å²) < 4.78 is 0. The molecule has 1 saturated carbocycles. The van der Waals surface area contributed by atoms with Gasteiger partial charge in [0.25, 0.3) is 0 Å². The Morgan fingerprint density at radius 1 is 1.04 bits per heavy atom. The predicted octanol–water partition coefficient (Wildman–Crippen LogP) is 6.19. The zero-order valence-corrected chi connectivity index (χ0v) is 16.0. The van der Waals surface area contributed by atoms with Crippen molar-refractivity contribution in [3.05, 3.63) is 71.4 Å². The van der Waals surface area contributed by atoms with Crippen LogP contribution in [0.25, 0.3) is 10.9 Å². The molecule has 3 aromatic rings. The van der Waals surface area contributed by atoms with Gasteiger partial charge in [-0.15, -0.1) is 0 Å². The maximum absolute atomic E-state index is 12.3. The van der Waals surface area contributed by atoms with Crippen LogP contribution in [0.15, 0.2) is 60.8 Å². The zero-order valence-electron chi connectivity index (χ0n) is 15.2. The third-order valence-electron chi connectivity index (χ3n) is 5.53. The predicted molar refractivity (Wildman–Crippen MR) is 111 cm³/mol. The van der Waals surface area contributed by atoms with Crippen molar-refractivity contribution in [2.24, 2.45) is 5.92 Å². The summed E-state index contributed by atoms with van der Waals surface area (Å²) in [6.07, 6.45) is 7.04. The van der Waals surface area contributed by atoms with Crippen molar-refractivity contribution < 1.29 is 4.79 Å². The van der Waals surface area contributed by atoms with Crippen LogP contribution in [0.3, 0.4) is 0 Å². The van der Waals surface area contributed by atoms with Gasteiger partial charge in [-0.05, 0) is 79.5 Å². The lowest BCUT2D eigenvalue weighted by Gasteiger charge is -2.28. The van der Waals surface area contributed by atoms with Crippen LogP contribution in [0.5, 0.6) is 0 Å². The van der Waals surface area contributed by atoms with Crippen molar-refractivity contribution in [2.75, 3.05) is 5.32 Å². The summed E-state index contributed by atoms with van der Waals surface area (Å²) in [5.41, 5.74) is 3.19. The Morgan fingerprint density at radius 2 is 1.78 bits per heavy atom. The number of hydrogen-bond acceptors (Lipinski definition) is 2. The van der Waals surface area contributed by atoms with E-state index in [0.717, 1.165) is 36.9 Å². The van der Waals surface area contributed by atoms with Crippen LogP contribution < -0.4 is 5.32 Å². The van der Waals surface area contributed by atoms with Gasteiger partial charge in [-0.2, -0.15) is 0 Å². The second-order valence-electron chi connectivity index (χ2n) is 7.44. The number of rotatable bonds is 4. The number of aromatic nitrogens is 1. The molecule has 0 atom stereocenters. The molecule has 1 heterocycles. The molecular weight excluding hydrogens is 356 g/mol. The number of benzene rings is 2. The van der Waals surface area contributed by atoms with Crippen molar-refractivity contribution in [3.63, 3.8) is 0 Å². The number of nitrogens with one attached hydrogen (secondary N) is 1. The number of hydrogen-bond donors (Lipinski definition) is 1. The first kappa shape index (κ1) is 18.0. The van der Waals surface area contributed by atoms with Gasteiger partial charge in [0.2, 0.25) is 5.91 Å². The van der Waals surface area contributed by atoms with Gasteiger partial charge in [-0.25, -0.2) is 0 Å². The Labute approximate surface area is 164 Å². The maximum atomic E-state index is 12.3. The monoisotopic (exact) mass is 378 g/mol. The van der Waals surface area contributed by atoms with Crippen molar-refractivity contribution in [1.82, 2.24) is 4.98 Å². The summed E-state index contributed by atoms with van der Waals surface area (Å²) in [5.74, 6) is 1.10. The second kappa shape index (κ2) is 8.10. The van der Waals surface area contributed by atoms with Gasteiger partial charge in [0.1, 0.15) is 0 Å². The Bertz CT molecular complexity index is 931. The number of nitrogens with zero attached hydrogens (tertiary/aromatic N) is 1. The maximum Gasteiger partial charge on any atom is 0.224 e. The molecule has 0 bridgehead atoms. The molecule has 27 heavy (non-hydrogen) atoms. The summed E-state index contributed by atoms with van der Waals surface area (Å²) in [7, 11) is 0. The third-order valence-corrected chi connectivity index (χ3v) is 5.78. The van der Waals surface area contributed by atoms with E-state index in [1.54, 1.807) is 12.1 Å². The molecule has 2 aromatic carbocycles. The van der Waals surface area contributed by atoms with Crippen LogP contribution in [0.2, 0.25) is 5.02 Å². The Balaban J connectivity index is 1.31. The first-order valence-corrected chi connectivity index (χ1v) is 9.95. The largest absolute Gasteiger partial charge is 0.326 e. The number of para-hydroxylation sites is 1. The molecule has 0 saturated heterocycles. The summed E-state index contributed by atoms with van der Waals surface area (Å²) >= 11 is 5.88. The molecule has 0 unspecified atom stereocenters. The number of halogens is 1. The van der Waals surface area contributed by atoms with E-state index in [1.807, 2.05) is 24.4 Å². The van der Waals surface area contributed by atoms with Crippen LogP contribution >= 0.6 is 11.6 Å². The Hall–Kier alpha value is -2.39. The van der Waals surface area contributed by atoms with Crippen molar-refractivity contribution in [1.29, 1.82) is 0 Å². The van der Waals surface area contributed by atoms with E-state index >= 15 is 0 Å². The Morgan fingerprint density at radius 3 is 2.56 bits per heavy atom. The molecule has 1 aliphatic rings. The van der Waals surface area contributed by atoms with Crippen molar-refractivity contribution in [3.8, 4) is 0 Å². The zero-order chi connectivity index (χ0) is 18.6. The van der Waals surface area contributed by atoms with E-state index in [9.17, 15) is 4.79 Å². The van der Waals surface area contributed by atoms with E-state index in [1.165, 1.54) is 10.9 Å². The van der Waals surface area contributed by atoms with Crippen LogP contribution in [0.1, 0.15) is 43.6 Å². The highest BCUT2D eigenvalue weighted by Crippen LogP contribution is 2.37. The smallest absolute Gasteiger partial charge is 0.224 e. The van der Waals surface area contributed by atoms with Gasteiger partial charge >= 0.3 is 0 Å². The quantitative estimate of drug-likeness (QED) is 0.588. The SMILES string of the molecule is O=C(C[C@H]1CC[C@@H](c2cnc3ccccc3c2)CC1)Nc1ccc(Cl)cc1. The lowest BCUT2D eigenvalue weighted by atomic mass is 9.77. The minimum absolute atomic E-state index is 0.0909. The number of anilines is 1. The highest BCUT2D eigenvalue weighted by molar-refractivity contribution is 6.30. The molecule has 3 nitrogen and oxygen atoms in total. The van der Waals surface area contributed by atoms with Gasteiger partial charge in [-0.1, -0.05) is 29.8 Å². The molecule has 138 valence electrons. The number of pyridine rings is 1. The molecule has 1 aliphatic carbocycles. The standard InChI is InChI=1S/C23H23ClN2O/c24-20-9-11-21(12-10-20)26-23(27)13-16-5-7-17(8-6-16)19-14-18-3-1-2-4-22(18)25-15-19/h1-4,9-12,14-17H,5-8,13H2,(H,26,27)/t16-,17+. The van der Waals surface area contributed by atoms with E-state index in [-0.39, 0.29) is 5.91 Å².